The Kier molecular flexibility index (Phi) is 9.47. The van der Waals surface area contributed by atoms with Crippen LogP contribution in [-0.2, 0) is 0 Å². The Balaban J connectivity index is 1.32. The fraction of sp³-hybridized carbons (Fsp3) is 0.0545. The van der Waals surface area contributed by atoms with Crippen molar-refractivity contribution < 1.29 is 0 Å². The Morgan fingerprint density at radius 2 is 0.600 bits per heavy atom. The molecule has 5 nitrogen and oxygen atoms in total. The van der Waals surface area contributed by atoms with Crippen LogP contribution < -0.4 is 0 Å². The maximum atomic E-state index is 5.33. The van der Waals surface area contributed by atoms with Gasteiger partial charge in [0.05, 0.1) is 45.5 Å². The van der Waals surface area contributed by atoms with Crippen molar-refractivity contribution in [3.05, 3.63) is 224 Å². The van der Waals surface area contributed by atoms with Gasteiger partial charge >= 0.3 is 0 Å². The monoisotopic (exact) mass is 773 g/mol. The van der Waals surface area contributed by atoms with Crippen LogP contribution in [-0.4, -0.2) is 23.7 Å². The van der Waals surface area contributed by atoms with Gasteiger partial charge in [0.15, 0.2) is 0 Å². The summed E-state index contributed by atoms with van der Waals surface area (Å²) in [4.78, 5) is 10.7. The summed E-state index contributed by atoms with van der Waals surface area (Å²) < 4.78 is 7.08. The average Bonchev–Trinajstić information content (AvgIpc) is 3.98. The molecule has 0 aliphatic rings. The van der Waals surface area contributed by atoms with Crippen LogP contribution >= 0.6 is 0 Å². The predicted molar refractivity (Wildman–Crippen MR) is 247 cm³/mol. The molecule has 10 aromatic rings. The zero-order valence-corrected chi connectivity index (χ0v) is 33.9. The third-order valence-corrected chi connectivity index (χ3v) is 11.3. The van der Waals surface area contributed by atoms with E-state index in [0.29, 0.717) is 0 Å². The van der Waals surface area contributed by atoms with Gasteiger partial charge in [-0.1, -0.05) is 182 Å². The number of hydrogen-bond donors (Lipinski definition) is 0. The molecule has 5 heteroatoms. The predicted octanol–water partition coefficient (Wildman–Crippen LogP) is 13.8. The maximum Gasteiger partial charge on any atom is 0.111 e. The summed E-state index contributed by atoms with van der Waals surface area (Å²) in [7, 11) is 0. The number of hydrogen-bond acceptors (Lipinski definition) is 2. The lowest BCUT2D eigenvalue weighted by Crippen LogP contribution is -2.08. The molecule has 0 spiro atoms. The minimum atomic E-state index is 0.893. The molecule has 3 heterocycles. The third-order valence-electron chi connectivity index (χ3n) is 11.3. The lowest BCUT2D eigenvalue weighted by atomic mass is 10.0. The average molecular weight is 774 g/mol. The molecule has 0 N–H and O–H groups in total. The number of nitrogens with zero attached hydrogens (tertiary/aromatic N) is 5. The lowest BCUT2D eigenvalue weighted by Gasteiger charge is -2.21. The first-order chi connectivity index (χ1) is 29.5. The van der Waals surface area contributed by atoms with E-state index in [9.17, 15) is 0 Å². The maximum absolute atomic E-state index is 5.33. The summed E-state index contributed by atoms with van der Waals surface area (Å²) in [6, 6.07) is 73.0. The summed E-state index contributed by atoms with van der Waals surface area (Å²) in [6.07, 6.45) is 0. The largest absolute Gasteiger partial charge is 0.313 e. The van der Waals surface area contributed by atoms with Crippen molar-refractivity contribution in [1.82, 2.24) is 23.7 Å². The Labute approximate surface area is 351 Å². The van der Waals surface area contributed by atoms with E-state index in [1.165, 1.54) is 11.1 Å². The van der Waals surface area contributed by atoms with Crippen LogP contribution in [0.5, 0.6) is 0 Å². The SMILES string of the molecule is Cc1cc(-c2ccccc2)c(-c2ccccc2)n1-c1cc(-n2c(C)nc(-c3ccccc3)c2-c2ccccc2)cc(-n2c(C)nc(-c3ccccc3)c2-c2ccccc2)c1. The first-order valence-corrected chi connectivity index (χ1v) is 20.4. The van der Waals surface area contributed by atoms with Crippen molar-refractivity contribution in [3.63, 3.8) is 0 Å². The first kappa shape index (κ1) is 36.6. The molecule has 288 valence electrons. The summed E-state index contributed by atoms with van der Waals surface area (Å²) >= 11 is 0. The molecule has 60 heavy (non-hydrogen) atoms. The summed E-state index contributed by atoms with van der Waals surface area (Å²) in [5.41, 5.74) is 17.0. The Morgan fingerprint density at radius 3 is 0.967 bits per heavy atom. The van der Waals surface area contributed by atoms with Crippen molar-refractivity contribution in [2.45, 2.75) is 20.8 Å². The van der Waals surface area contributed by atoms with Gasteiger partial charge in [-0.2, -0.15) is 0 Å². The van der Waals surface area contributed by atoms with E-state index in [-0.39, 0.29) is 0 Å². The van der Waals surface area contributed by atoms with Gasteiger partial charge in [-0.05, 0) is 56.2 Å². The number of benzene rings is 7. The van der Waals surface area contributed by atoms with Gasteiger partial charge in [0.1, 0.15) is 11.6 Å². The quantitative estimate of drug-likeness (QED) is 0.147. The van der Waals surface area contributed by atoms with Gasteiger partial charge in [-0.25, -0.2) is 9.97 Å². The highest BCUT2D eigenvalue weighted by Crippen LogP contribution is 2.42. The standard InChI is InChI=1S/C55H43N5/c1-38-34-50(41-22-10-4-11-23-41)53(44-28-16-7-17-29-44)58(38)47-35-48(59-39(2)56-51(42-24-12-5-13-25-42)54(59)45-30-18-8-19-31-45)37-49(36-47)60-40(3)57-52(43-26-14-6-15-27-43)55(60)46-32-20-9-21-33-46/h4-37H,1-3H3. The number of aryl methyl sites for hydroxylation is 3. The molecule has 0 unspecified atom stereocenters. The fourth-order valence-corrected chi connectivity index (χ4v) is 8.67. The first-order valence-electron chi connectivity index (χ1n) is 20.4. The van der Waals surface area contributed by atoms with Gasteiger partial charge in [0, 0.05) is 33.5 Å². The molecule has 10 rings (SSSR count). The molecule has 0 aliphatic heterocycles. The van der Waals surface area contributed by atoms with Crippen LogP contribution in [0.3, 0.4) is 0 Å². The van der Waals surface area contributed by atoms with Gasteiger partial charge < -0.3 is 4.57 Å². The van der Waals surface area contributed by atoms with Crippen molar-refractivity contribution >= 4 is 0 Å². The highest BCUT2D eigenvalue weighted by atomic mass is 15.1. The summed E-state index contributed by atoms with van der Waals surface area (Å²) in [5.74, 6) is 1.79. The van der Waals surface area contributed by atoms with Crippen LogP contribution in [0, 0.1) is 20.8 Å². The van der Waals surface area contributed by atoms with Crippen molar-refractivity contribution in [1.29, 1.82) is 0 Å². The van der Waals surface area contributed by atoms with E-state index in [1.54, 1.807) is 0 Å². The molecule has 0 fully saturated rings. The van der Waals surface area contributed by atoms with E-state index >= 15 is 0 Å². The third kappa shape index (κ3) is 6.56. The zero-order chi connectivity index (χ0) is 40.6. The van der Waals surface area contributed by atoms with E-state index < -0.39 is 0 Å². The molecule has 0 radical (unpaired) electrons. The van der Waals surface area contributed by atoms with E-state index in [1.807, 2.05) is 0 Å². The fourth-order valence-electron chi connectivity index (χ4n) is 8.67. The lowest BCUT2D eigenvalue weighted by molar-refractivity contribution is 0.939. The molecule has 3 aromatic heterocycles. The molecule has 0 bridgehead atoms. The van der Waals surface area contributed by atoms with Gasteiger partial charge in [0.2, 0.25) is 0 Å². The summed E-state index contributed by atoms with van der Waals surface area (Å²) in [5, 5.41) is 0. The molecule has 0 amide bonds. The van der Waals surface area contributed by atoms with Crippen LogP contribution in [0.1, 0.15) is 17.3 Å². The Morgan fingerprint density at radius 1 is 0.300 bits per heavy atom. The second-order valence-electron chi connectivity index (χ2n) is 15.2. The van der Waals surface area contributed by atoms with Gasteiger partial charge in [-0.15, -0.1) is 0 Å². The number of rotatable bonds is 9. The molecule has 0 aliphatic carbocycles. The van der Waals surface area contributed by atoms with Crippen LogP contribution in [0.2, 0.25) is 0 Å². The van der Waals surface area contributed by atoms with Crippen molar-refractivity contribution in [2.24, 2.45) is 0 Å². The molecule has 7 aromatic carbocycles. The Hall–Kier alpha value is -7.76. The van der Waals surface area contributed by atoms with E-state index in [2.05, 4.69) is 241 Å². The second-order valence-corrected chi connectivity index (χ2v) is 15.2. The van der Waals surface area contributed by atoms with Crippen molar-refractivity contribution in [3.8, 4) is 84.5 Å². The highest BCUT2D eigenvalue weighted by Gasteiger charge is 2.25. The topological polar surface area (TPSA) is 40.6 Å². The molecule has 0 saturated carbocycles. The number of imidazole rings is 2. The minimum Gasteiger partial charge on any atom is -0.313 e. The number of aromatic nitrogens is 5. The normalized spacial score (nSPS) is 11.2. The van der Waals surface area contributed by atoms with Crippen LogP contribution in [0.4, 0.5) is 0 Å². The van der Waals surface area contributed by atoms with Crippen LogP contribution in [0.15, 0.2) is 206 Å². The van der Waals surface area contributed by atoms with E-state index in [4.69, 9.17) is 9.97 Å². The smallest absolute Gasteiger partial charge is 0.111 e. The van der Waals surface area contributed by atoms with Gasteiger partial charge in [0.25, 0.3) is 0 Å². The summed E-state index contributed by atoms with van der Waals surface area (Å²) in [6.45, 7) is 6.43. The zero-order valence-electron chi connectivity index (χ0n) is 33.9. The second kappa shape index (κ2) is 15.5. The van der Waals surface area contributed by atoms with Crippen LogP contribution in [0.25, 0.3) is 84.5 Å². The molecular weight excluding hydrogens is 731 g/mol. The van der Waals surface area contributed by atoms with Crippen molar-refractivity contribution in [2.75, 3.05) is 0 Å². The molecule has 0 atom stereocenters. The highest BCUT2D eigenvalue weighted by molar-refractivity contribution is 5.86. The molecular formula is C55H43N5. The Bertz CT molecular complexity index is 2720. The van der Waals surface area contributed by atoms with E-state index in [0.717, 1.165) is 90.7 Å². The van der Waals surface area contributed by atoms with Gasteiger partial charge in [-0.3, -0.25) is 9.13 Å². The minimum absolute atomic E-state index is 0.893. The molecule has 0 saturated heterocycles.